The second-order valence-corrected chi connectivity index (χ2v) is 5.13. The van der Waals surface area contributed by atoms with Crippen LogP contribution in [0.2, 0.25) is 0 Å². The number of rotatable bonds is 2. The molecule has 0 bridgehead atoms. The first-order valence-electron chi connectivity index (χ1n) is 6.68. The maximum Gasteiger partial charge on any atom is 0.261 e. The number of amides is 2. The minimum absolute atomic E-state index is 0.363. The van der Waals surface area contributed by atoms with Gasteiger partial charge in [-0.3, -0.25) is 19.9 Å². The summed E-state index contributed by atoms with van der Waals surface area (Å²) in [6.07, 6.45) is 0. The van der Waals surface area contributed by atoms with E-state index in [1.165, 1.54) is 0 Å². The number of aryl methyl sites for hydroxylation is 3. The molecule has 21 heavy (non-hydrogen) atoms. The molecule has 1 aromatic carbocycles. The molecule has 0 spiro atoms. The Kier molecular flexibility index (Phi) is 2.97. The van der Waals surface area contributed by atoms with Crippen molar-refractivity contribution in [3.05, 3.63) is 52.3 Å². The highest BCUT2D eigenvalue weighted by Gasteiger charge is 2.33. The van der Waals surface area contributed by atoms with Gasteiger partial charge in [-0.15, -0.1) is 0 Å². The second kappa shape index (κ2) is 4.70. The minimum atomic E-state index is -0.382. The number of imide groups is 1. The molecule has 0 radical (unpaired) electrons. The van der Waals surface area contributed by atoms with Gasteiger partial charge in [-0.05, 0) is 32.4 Å². The third-order valence-corrected chi connectivity index (χ3v) is 3.64. The van der Waals surface area contributed by atoms with Gasteiger partial charge in [0.25, 0.3) is 11.8 Å². The highest BCUT2D eigenvalue weighted by Crippen LogP contribution is 2.31. The van der Waals surface area contributed by atoms with Crippen molar-refractivity contribution in [2.45, 2.75) is 20.8 Å². The maximum atomic E-state index is 12.1. The van der Waals surface area contributed by atoms with Crippen LogP contribution in [0.15, 0.2) is 24.3 Å². The maximum absolute atomic E-state index is 12.1. The topological polar surface area (TPSA) is 71.1 Å². The van der Waals surface area contributed by atoms with E-state index >= 15 is 0 Å². The third-order valence-electron chi connectivity index (χ3n) is 3.64. The second-order valence-electron chi connectivity index (χ2n) is 5.13. The van der Waals surface area contributed by atoms with Crippen LogP contribution in [0.1, 0.15) is 37.7 Å². The zero-order chi connectivity index (χ0) is 15.1. The number of hydrogen-bond acceptors (Lipinski definition) is 4. The first-order chi connectivity index (χ1) is 9.99. The van der Waals surface area contributed by atoms with E-state index in [2.05, 4.69) is 15.6 Å². The molecular weight excluding hydrogens is 266 g/mol. The predicted octanol–water partition coefficient (Wildman–Crippen LogP) is 2.63. The molecule has 3 rings (SSSR count). The molecule has 1 aliphatic rings. The van der Waals surface area contributed by atoms with Crippen LogP contribution in [0, 0.1) is 20.8 Å². The van der Waals surface area contributed by atoms with Crippen LogP contribution in [0.25, 0.3) is 0 Å². The lowest BCUT2D eigenvalue weighted by atomic mass is 10.0. The van der Waals surface area contributed by atoms with Crippen LogP contribution in [0.5, 0.6) is 0 Å². The summed E-state index contributed by atoms with van der Waals surface area (Å²) < 4.78 is 0. The van der Waals surface area contributed by atoms with Crippen molar-refractivity contribution >= 4 is 23.2 Å². The fraction of sp³-hybridized carbons (Fsp3) is 0.188. The average Bonchev–Trinajstić information content (AvgIpc) is 2.72. The fourth-order valence-corrected chi connectivity index (χ4v) is 2.58. The van der Waals surface area contributed by atoms with E-state index in [1.54, 1.807) is 6.92 Å². The molecule has 0 saturated carbocycles. The van der Waals surface area contributed by atoms with Gasteiger partial charge >= 0.3 is 0 Å². The van der Waals surface area contributed by atoms with Gasteiger partial charge in [-0.25, -0.2) is 0 Å². The van der Waals surface area contributed by atoms with E-state index in [0.717, 1.165) is 11.3 Å². The van der Waals surface area contributed by atoms with Crippen molar-refractivity contribution in [1.82, 2.24) is 10.3 Å². The van der Waals surface area contributed by atoms with Crippen LogP contribution in [-0.4, -0.2) is 16.8 Å². The number of benzene rings is 1. The van der Waals surface area contributed by atoms with E-state index < -0.39 is 0 Å². The number of nitrogens with zero attached hydrogens (tertiary/aromatic N) is 1. The molecule has 0 fully saturated rings. The summed E-state index contributed by atoms with van der Waals surface area (Å²) in [5.41, 5.74) is 4.54. The SMILES string of the molecule is Cc1ccccc1Nc1c(C)nc(C)c2c1C(=O)NC2=O. The molecule has 106 valence electrons. The Labute approximate surface area is 122 Å². The number of aromatic nitrogens is 1. The number of fused-ring (bicyclic) bond motifs is 1. The summed E-state index contributed by atoms with van der Waals surface area (Å²) in [7, 11) is 0. The zero-order valence-corrected chi connectivity index (χ0v) is 12.1. The standard InChI is InChI=1S/C16H15N3O2/c1-8-6-4-5-7-11(8)18-14-10(3)17-9(2)12-13(14)16(21)19-15(12)20/h4-7,18H,1-3H3,(H,19,20,21). The Balaban J connectivity index is 2.18. The molecule has 1 aliphatic heterocycles. The number of carbonyl (C=O) groups excluding carboxylic acids is 2. The van der Waals surface area contributed by atoms with Crippen molar-refractivity contribution in [3.63, 3.8) is 0 Å². The molecule has 5 nitrogen and oxygen atoms in total. The quantitative estimate of drug-likeness (QED) is 0.830. The van der Waals surface area contributed by atoms with Crippen LogP contribution in [0.4, 0.5) is 11.4 Å². The summed E-state index contributed by atoms with van der Waals surface area (Å²) >= 11 is 0. The first kappa shape index (κ1) is 13.3. The van der Waals surface area contributed by atoms with Crippen molar-refractivity contribution in [2.75, 3.05) is 5.32 Å². The summed E-state index contributed by atoms with van der Waals surface area (Å²) in [5, 5.41) is 5.58. The molecule has 2 heterocycles. The lowest BCUT2D eigenvalue weighted by Gasteiger charge is -2.15. The molecule has 2 N–H and O–H groups in total. The van der Waals surface area contributed by atoms with Gasteiger partial charge in [-0.1, -0.05) is 18.2 Å². The molecule has 1 aromatic heterocycles. The highest BCUT2D eigenvalue weighted by molar-refractivity contribution is 6.24. The van der Waals surface area contributed by atoms with E-state index in [4.69, 9.17) is 0 Å². The summed E-state index contributed by atoms with van der Waals surface area (Å²) in [4.78, 5) is 28.3. The highest BCUT2D eigenvalue weighted by atomic mass is 16.2. The van der Waals surface area contributed by atoms with Gasteiger partial charge in [0.1, 0.15) is 0 Å². The lowest BCUT2D eigenvalue weighted by molar-refractivity contribution is 0.0879. The lowest BCUT2D eigenvalue weighted by Crippen LogP contribution is -2.20. The van der Waals surface area contributed by atoms with Gasteiger partial charge < -0.3 is 5.32 Å². The van der Waals surface area contributed by atoms with Crippen molar-refractivity contribution in [1.29, 1.82) is 0 Å². The number of nitrogens with one attached hydrogen (secondary N) is 2. The van der Waals surface area contributed by atoms with Crippen molar-refractivity contribution in [3.8, 4) is 0 Å². The molecule has 0 atom stereocenters. The fourth-order valence-electron chi connectivity index (χ4n) is 2.58. The van der Waals surface area contributed by atoms with Gasteiger partial charge in [0, 0.05) is 5.69 Å². The number of pyridine rings is 1. The summed E-state index contributed by atoms with van der Waals surface area (Å²) in [6, 6.07) is 7.76. The van der Waals surface area contributed by atoms with Crippen molar-refractivity contribution in [2.24, 2.45) is 0 Å². The van der Waals surface area contributed by atoms with Gasteiger partial charge in [0.15, 0.2) is 0 Å². The molecule has 2 amide bonds. The Hall–Kier alpha value is -2.69. The van der Waals surface area contributed by atoms with Crippen LogP contribution < -0.4 is 10.6 Å². The van der Waals surface area contributed by atoms with Gasteiger partial charge in [0.2, 0.25) is 0 Å². The Bertz CT molecular complexity index is 781. The molecule has 0 saturated heterocycles. The molecule has 0 aliphatic carbocycles. The predicted molar refractivity (Wildman–Crippen MR) is 80.0 cm³/mol. The smallest absolute Gasteiger partial charge is 0.261 e. The number of anilines is 2. The molecule has 0 unspecified atom stereocenters. The number of para-hydroxylation sites is 1. The Morgan fingerprint density at radius 2 is 1.62 bits per heavy atom. The van der Waals surface area contributed by atoms with E-state index in [9.17, 15) is 9.59 Å². The van der Waals surface area contributed by atoms with Crippen LogP contribution in [-0.2, 0) is 0 Å². The van der Waals surface area contributed by atoms with Crippen molar-refractivity contribution < 1.29 is 9.59 Å². The summed E-state index contributed by atoms with van der Waals surface area (Å²) in [5.74, 6) is -0.757. The van der Waals surface area contributed by atoms with E-state index in [1.807, 2.05) is 38.1 Å². The third kappa shape index (κ3) is 2.07. The Morgan fingerprint density at radius 3 is 2.33 bits per heavy atom. The van der Waals surface area contributed by atoms with E-state index in [-0.39, 0.29) is 11.8 Å². The summed E-state index contributed by atoms with van der Waals surface area (Å²) in [6.45, 7) is 5.54. The number of carbonyl (C=O) groups is 2. The minimum Gasteiger partial charge on any atom is -0.353 e. The van der Waals surface area contributed by atoms with Gasteiger partial charge in [0.05, 0.1) is 28.2 Å². The normalized spacial score (nSPS) is 13.1. The largest absolute Gasteiger partial charge is 0.353 e. The van der Waals surface area contributed by atoms with Gasteiger partial charge in [-0.2, -0.15) is 0 Å². The average molecular weight is 281 g/mol. The number of hydrogen-bond donors (Lipinski definition) is 2. The molecule has 5 heteroatoms. The first-order valence-corrected chi connectivity index (χ1v) is 6.68. The van der Waals surface area contributed by atoms with E-state index in [0.29, 0.717) is 28.2 Å². The zero-order valence-electron chi connectivity index (χ0n) is 12.1. The van der Waals surface area contributed by atoms with Crippen LogP contribution in [0.3, 0.4) is 0 Å². The Morgan fingerprint density at radius 1 is 0.952 bits per heavy atom. The van der Waals surface area contributed by atoms with Crippen LogP contribution >= 0.6 is 0 Å². The molecule has 2 aromatic rings. The molecular formula is C16H15N3O2. The monoisotopic (exact) mass is 281 g/mol.